The zero-order chi connectivity index (χ0) is 24.8. The highest BCUT2D eigenvalue weighted by atomic mass is 32.2. The van der Waals surface area contributed by atoms with Gasteiger partial charge in [-0.1, -0.05) is 48.5 Å². The van der Waals surface area contributed by atoms with Crippen molar-refractivity contribution in [1.29, 1.82) is 0 Å². The first-order valence-corrected chi connectivity index (χ1v) is 14.1. The normalized spacial score (nSPS) is 18.7. The number of nitrogens with zero attached hydrogens (tertiary/aromatic N) is 3. The van der Waals surface area contributed by atoms with Crippen molar-refractivity contribution in [2.24, 2.45) is 5.92 Å². The first kappa shape index (κ1) is 25.5. The Morgan fingerprint density at radius 2 is 1.63 bits per heavy atom. The van der Waals surface area contributed by atoms with E-state index in [1.165, 1.54) is 11.4 Å². The summed E-state index contributed by atoms with van der Waals surface area (Å²) >= 11 is 0. The summed E-state index contributed by atoms with van der Waals surface area (Å²) in [4.78, 5) is 5.07. The molecule has 0 aromatic heterocycles. The van der Waals surface area contributed by atoms with Crippen molar-refractivity contribution in [2.75, 3.05) is 33.2 Å². The fraction of sp³-hybridized carbons (Fsp3) is 0.429. The largest absolute Gasteiger partial charge is 0.360 e. The molecular weight excluding hydrogens is 456 g/mol. The second-order valence-corrected chi connectivity index (χ2v) is 11.5. The van der Waals surface area contributed by atoms with Crippen LogP contribution in [-0.2, 0) is 10.0 Å². The Hall–Kier alpha value is -2.61. The maximum absolute atomic E-state index is 13.4. The molecule has 2 aromatic carbocycles. The highest BCUT2D eigenvalue weighted by molar-refractivity contribution is 7.89. The van der Waals surface area contributed by atoms with Gasteiger partial charge < -0.3 is 15.1 Å². The van der Waals surface area contributed by atoms with Crippen molar-refractivity contribution in [2.45, 2.75) is 44.0 Å². The van der Waals surface area contributed by atoms with Crippen LogP contribution in [0.15, 0.2) is 89.4 Å². The third-order valence-electron chi connectivity index (χ3n) is 7.16. The predicted octanol–water partition coefficient (Wildman–Crippen LogP) is 4.78. The van der Waals surface area contributed by atoms with Crippen LogP contribution in [0.2, 0.25) is 0 Å². The first-order valence-electron chi connectivity index (χ1n) is 12.6. The lowest BCUT2D eigenvalue weighted by Gasteiger charge is -2.37. The van der Waals surface area contributed by atoms with Crippen LogP contribution in [0.1, 0.15) is 44.7 Å². The van der Waals surface area contributed by atoms with Gasteiger partial charge in [0.25, 0.3) is 0 Å². The maximum Gasteiger partial charge on any atom is 0.243 e. The van der Waals surface area contributed by atoms with Gasteiger partial charge in [0.15, 0.2) is 0 Å². The highest BCUT2D eigenvalue weighted by Gasteiger charge is 2.30. The van der Waals surface area contributed by atoms with E-state index in [2.05, 4.69) is 41.4 Å². The zero-order valence-electron chi connectivity index (χ0n) is 21.1. The van der Waals surface area contributed by atoms with Crippen molar-refractivity contribution < 1.29 is 8.42 Å². The summed E-state index contributed by atoms with van der Waals surface area (Å²) < 4.78 is 28.3. The molecule has 2 aliphatic rings. The Labute approximate surface area is 211 Å². The molecule has 188 valence electrons. The van der Waals surface area contributed by atoms with E-state index >= 15 is 0 Å². The van der Waals surface area contributed by atoms with Crippen LogP contribution in [-0.4, -0.2) is 55.7 Å². The second-order valence-electron chi connectivity index (χ2n) is 9.52. The van der Waals surface area contributed by atoms with Gasteiger partial charge in [-0.2, -0.15) is 4.31 Å². The third-order valence-corrected chi connectivity index (χ3v) is 9.04. The van der Waals surface area contributed by atoms with E-state index in [0.29, 0.717) is 10.8 Å². The number of hydrogen-bond donors (Lipinski definition) is 1. The molecule has 0 unspecified atom stereocenters. The predicted molar refractivity (Wildman–Crippen MR) is 142 cm³/mol. The highest BCUT2D eigenvalue weighted by Crippen LogP contribution is 2.31. The fourth-order valence-electron chi connectivity index (χ4n) is 5.08. The molecule has 35 heavy (non-hydrogen) atoms. The van der Waals surface area contributed by atoms with Crippen LogP contribution in [0.3, 0.4) is 0 Å². The van der Waals surface area contributed by atoms with Gasteiger partial charge >= 0.3 is 0 Å². The quantitative estimate of drug-likeness (QED) is 0.544. The summed E-state index contributed by atoms with van der Waals surface area (Å²) in [6.07, 6.45) is 7.38. The minimum atomic E-state index is -3.59. The molecule has 2 aliphatic heterocycles. The molecule has 0 spiro atoms. The molecule has 1 N–H and O–H groups in total. The Bertz CT molecular complexity index is 1120. The first-order chi connectivity index (χ1) is 16.9. The molecule has 0 saturated carbocycles. The monoisotopic (exact) mass is 494 g/mol. The number of likely N-dealkylation sites (tertiary alicyclic amines) is 1. The van der Waals surface area contributed by atoms with Crippen LogP contribution in [0.5, 0.6) is 0 Å². The lowest BCUT2D eigenvalue weighted by molar-refractivity contribution is 0.179. The number of allylic oxidation sites excluding steroid dienone is 2. The van der Waals surface area contributed by atoms with Crippen LogP contribution in [0.4, 0.5) is 0 Å². The Balaban J connectivity index is 1.41. The van der Waals surface area contributed by atoms with Gasteiger partial charge in [0.05, 0.1) is 10.9 Å². The van der Waals surface area contributed by atoms with Gasteiger partial charge in [0.1, 0.15) is 0 Å². The van der Waals surface area contributed by atoms with Crippen LogP contribution < -0.4 is 5.32 Å². The smallest absolute Gasteiger partial charge is 0.243 e. The fourth-order valence-corrected chi connectivity index (χ4v) is 6.47. The Morgan fingerprint density at radius 3 is 2.26 bits per heavy atom. The molecule has 1 saturated heterocycles. The number of sulfonamides is 1. The molecule has 2 heterocycles. The van der Waals surface area contributed by atoms with E-state index in [-0.39, 0.29) is 6.04 Å². The van der Waals surface area contributed by atoms with E-state index in [9.17, 15) is 8.42 Å². The molecule has 1 atom stereocenters. The van der Waals surface area contributed by atoms with E-state index in [0.717, 1.165) is 51.0 Å². The molecule has 0 aliphatic carbocycles. The summed E-state index contributed by atoms with van der Waals surface area (Å²) in [6.45, 7) is 8.18. The molecule has 0 amide bonds. The van der Waals surface area contributed by atoms with Crippen molar-refractivity contribution in [3.05, 3.63) is 90.0 Å². The van der Waals surface area contributed by atoms with Crippen LogP contribution in [0, 0.1) is 5.92 Å². The van der Waals surface area contributed by atoms with E-state index in [1.807, 2.05) is 36.4 Å². The summed E-state index contributed by atoms with van der Waals surface area (Å²) in [5.74, 6) is 0.537. The molecule has 6 nitrogen and oxygen atoms in total. The van der Waals surface area contributed by atoms with Gasteiger partial charge in [0, 0.05) is 43.3 Å². The maximum atomic E-state index is 13.4. The van der Waals surface area contributed by atoms with Crippen molar-refractivity contribution >= 4 is 10.0 Å². The molecule has 1 fully saturated rings. The van der Waals surface area contributed by atoms with Crippen molar-refractivity contribution in [1.82, 2.24) is 19.4 Å². The Kier molecular flexibility index (Phi) is 8.31. The van der Waals surface area contributed by atoms with Crippen LogP contribution >= 0.6 is 0 Å². The second kappa shape index (κ2) is 11.4. The van der Waals surface area contributed by atoms with Crippen molar-refractivity contribution in [3.63, 3.8) is 0 Å². The average Bonchev–Trinajstić information content (AvgIpc) is 2.89. The Morgan fingerprint density at radius 1 is 1.00 bits per heavy atom. The minimum Gasteiger partial charge on any atom is -0.360 e. The molecule has 0 radical (unpaired) electrons. The number of piperidine rings is 1. The molecule has 7 heteroatoms. The number of rotatable bonds is 9. The number of benzene rings is 2. The molecule has 2 aromatic rings. The van der Waals surface area contributed by atoms with E-state index in [4.69, 9.17) is 0 Å². The van der Waals surface area contributed by atoms with Gasteiger partial charge in [-0.05, 0) is 70.4 Å². The van der Waals surface area contributed by atoms with E-state index in [1.54, 1.807) is 35.6 Å². The minimum absolute atomic E-state index is 0.215. The van der Waals surface area contributed by atoms with Gasteiger partial charge in [-0.25, -0.2) is 8.42 Å². The van der Waals surface area contributed by atoms with E-state index < -0.39 is 10.0 Å². The molecule has 4 rings (SSSR count). The van der Waals surface area contributed by atoms with Crippen molar-refractivity contribution in [3.8, 4) is 0 Å². The average molecular weight is 495 g/mol. The van der Waals surface area contributed by atoms with Gasteiger partial charge in [-0.15, -0.1) is 0 Å². The van der Waals surface area contributed by atoms with Crippen LogP contribution in [0.25, 0.3) is 0 Å². The van der Waals surface area contributed by atoms with Gasteiger partial charge in [-0.3, -0.25) is 0 Å². The SMILES string of the molecule is CCN1C=C(C)NC(C2CCN(CC[C@@H](c3ccccc3)N(C)S(=O)(=O)c3ccccc3)CC2)=C1. The lowest BCUT2D eigenvalue weighted by Crippen LogP contribution is -2.39. The summed E-state index contributed by atoms with van der Waals surface area (Å²) in [5, 5.41) is 3.57. The van der Waals surface area contributed by atoms with Gasteiger partial charge in [0.2, 0.25) is 10.0 Å². The zero-order valence-corrected chi connectivity index (χ0v) is 21.9. The standard InChI is InChI=1S/C28H38N4O2S/c1-4-31-21-23(2)29-27(22-31)24-15-18-32(19-16-24)20-17-28(25-11-7-5-8-12-25)30(3)35(33,34)26-13-9-6-10-14-26/h5-14,21-22,24,28-29H,4,15-20H2,1-3H3/t28-/m0/s1. The number of hydrogen-bond acceptors (Lipinski definition) is 5. The number of nitrogens with one attached hydrogen (secondary N) is 1. The lowest BCUT2D eigenvalue weighted by atomic mass is 9.92. The molecular formula is C28H38N4O2S. The summed E-state index contributed by atoms with van der Waals surface area (Å²) in [6, 6.07) is 18.5. The summed E-state index contributed by atoms with van der Waals surface area (Å²) in [5.41, 5.74) is 3.55. The topological polar surface area (TPSA) is 55.9 Å². The molecule has 0 bridgehead atoms. The summed E-state index contributed by atoms with van der Waals surface area (Å²) in [7, 11) is -1.88. The third kappa shape index (κ3) is 6.15.